The molecule has 2 aromatic rings. The van der Waals surface area contributed by atoms with Gasteiger partial charge in [-0.2, -0.15) is 10.2 Å². The summed E-state index contributed by atoms with van der Waals surface area (Å²) in [5, 5.41) is 11.1. The largest absolute Gasteiger partial charge is 0.355 e. The summed E-state index contributed by atoms with van der Waals surface area (Å²) in [4.78, 5) is 19.7. The van der Waals surface area contributed by atoms with E-state index < -0.39 is 5.66 Å². The third-order valence-corrected chi connectivity index (χ3v) is 4.36. The molecule has 3 rings (SSSR count). The van der Waals surface area contributed by atoms with Crippen molar-refractivity contribution >= 4 is 5.91 Å². The van der Waals surface area contributed by atoms with Gasteiger partial charge in [-0.15, -0.1) is 12.3 Å². The second-order valence-electron chi connectivity index (χ2n) is 6.13. The number of carbonyl (C=O) groups is 1. The lowest BCUT2D eigenvalue weighted by atomic mass is 9.98. The zero-order valence-electron chi connectivity index (χ0n) is 14.0. The summed E-state index contributed by atoms with van der Waals surface area (Å²) in [5.41, 5.74) is 0.694. The van der Waals surface area contributed by atoms with E-state index in [1.807, 2.05) is 30.3 Å². The maximum Gasteiger partial charge on any atom is 0.220 e. The molecule has 0 saturated carbocycles. The van der Waals surface area contributed by atoms with Crippen molar-refractivity contribution in [3.05, 3.63) is 54.1 Å². The smallest absolute Gasteiger partial charge is 0.220 e. The minimum Gasteiger partial charge on any atom is -0.355 e. The van der Waals surface area contributed by atoms with Gasteiger partial charge >= 0.3 is 0 Å². The summed E-state index contributed by atoms with van der Waals surface area (Å²) in [6.45, 7) is 0.488. The first kappa shape index (κ1) is 16.9. The number of aromatic amines is 1. The minimum atomic E-state index is -0.413. The van der Waals surface area contributed by atoms with Crippen LogP contribution in [0.15, 0.2) is 53.0 Å². The number of imidazole rings is 1. The lowest BCUT2D eigenvalue weighted by Gasteiger charge is -2.16. The number of nitrogens with zero attached hydrogens (tertiary/aromatic N) is 3. The Labute approximate surface area is 147 Å². The molecular weight excluding hydrogens is 314 g/mol. The van der Waals surface area contributed by atoms with Gasteiger partial charge in [-0.05, 0) is 5.56 Å². The van der Waals surface area contributed by atoms with Gasteiger partial charge in [0, 0.05) is 44.6 Å². The van der Waals surface area contributed by atoms with E-state index in [9.17, 15) is 4.79 Å². The van der Waals surface area contributed by atoms with Crippen molar-refractivity contribution in [2.45, 2.75) is 37.3 Å². The number of rotatable bonds is 9. The Bertz CT molecular complexity index is 755. The number of carbonyl (C=O) groups excluding carboxylic acids is 1. The highest BCUT2D eigenvalue weighted by molar-refractivity contribution is 5.76. The average Bonchev–Trinajstić information content (AvgIpc) is 3.22. The highest BCUT2D eigenvalue weighted by Crippen LogP contribution is 2.37. The number of amides is 1. The van der Waals surface area contributed by atoms with E-state index in [-0.39, 0.29) is 11.8 Å². The molecule has 1 unspecified atom stereocenters. The molecule has 0 aliphatic carbocycles. The molecule has 1 aromatic heterocycles. The summed E-state index contributed by atoms with van der Waals surface area (Å²) in [5.74, 6) is 3.41. The molecule has 0 saturated heterocycles. The van der Waals surface area contributed by atoms with Gasteiger partial charge in [0.25, 0.3) is 0 Å². The average molecular weight is 335 g/mol. The van der Waals surface area contributed by atoms with Gasteiger partial charge < -0.3 is 10.3 Å². The first-order valence-corrected chi connectivity index (χ1v) is 8.41. The molecule has 2 heterocycles. The minimum absolute atomic E-state index is 0.00847. The molecule has 0 bridgehead atoms. The Morgan fingerprint density at radius 1 is 1.28 bits per heavy atom. The molecule has 1 aliphatic heterocycles. The predicted octanol–water partition coefficient (Wildman–Crippen LogP) is 3.01. The first-order valence-electron chi connectivity index (χ1n) is 8.41. The maximum atomic E-state index is 12.2. The van der Waals surface area contributed by atoms with Crippen molar-refractivity contribution in [1.82, 2.24) is 15.3 Å². The fourth-order valence-electron chi connectivity index (χ4n) is 2.81. The second kappa shape index (κ2) is 7.75. The quantitative estimate of drug-likeness (QED) is 0.691. The number of hydrogen-bond acceptors (Lipinski definition) is 4. The van der Waals surface area contributed by atoms with Crippen LogP contribution in [0.2, 0.25) is 0 Å². The van der Waals surface area contributed by atoms with Crippen molar-refractivity contribution in [2.24, 2.45) is 10.2 Å². The monoisotopic (exact) mass is 335 g/mol. The molecule has 1 aromatic carbocycles. The molecule has 2 N–H and O–H groups in total. The molecule has 128 valence electrons. The fourth-order valence-corrected chi connectivity index (χ4v) is 2.81. The van der Waals surface area contributed by atoms with E-state index in [0.717, 1.165) is 17.8 Å². The Balaban J connectivity index is 1.53. The molecule has 1 aliphatic rings. The number of benzene rings is 1. The van der Waals surface area contributed by atoms with Gasteiger partial charge in [0.05, 0.1) is 5.92 Å². The van der Waals surface area contributed by atoms with Crippen LogP contribution in [-0.2, 0) is 4.79 Å². The van der Waals surface area contributed by atoms with E-state index in [1.54, 1.807) is 12.4 Å². The molecule has 6 nitrogen and oxygen atoms in total. The van der Waals surface area contributed by atoms with Crippen molar-refractivity contribution in [3.63, 3.8) is 0 Å². The number of aromatic nitrogens is 2. The molecule has 0 radical (unpaired) electrons. The summed E-state index contributed by atoms with van der Waals surface area (Å²) in [7, 11) is 0. The van der Waals surface area contributed by atoms with Crippen molar-refractivity contribution in [1.29, 1.82) is 0 Å². The molecule has 6 heteroatoms. The highest BCUT2D eigenvalue weighted by Gasteiger charge is 2.39. The van der Waals surface area contributed by atoms with E-state index in [1.165, 1.54) is 0 Å². The van der Waals surface area contributed by atoms with Gasteiger partial charge in [0.1, 0.15) is 5.82 Å². The topological polar surface area (TPSA) is 82.5 Å². The van der Waals surface area contributed by atoms with Crippen LogP contribution in [0.5, 0.6) is 0 Å². The molecular formula is C19H21N5O. The van der Waals surface area contributed by atoms with Gasteiger partial charge in [0.15, 0.2) is 5.66 Å². The van der Waals surface area contributed by atoms with Crippen LogP contribution in [0.1, 0.15) is 43.0 Å². The highest BCUT2D eigenvalue weighted by atomic mass is 16.1. The van der Waals surface area contributed by atoms with Crippen LogP contribution >= 0.6 is 0 Å². The zero-order valence-corrected chi connectivity index (χ0v) is 14.0. The number of nitrogens with one attached hydrogen (secondary N) is 2. The summed E-state index contributed by atoms with van der Waals surface area (Å²) in [6.07, 6.45) is 11.1. The predicted molar refractivity (Wildman–Crippen MR) is 94.8 cm³/mol. The maximum absolute atomic E-state index is 12.2. The molecule has 0 spiro atoms. The Hall–Kier alpha value is -2.94. The SMILES string of the molecule is C#CCCC1(CCC(=O)NCC(c2ccccc2)c2ncc[nH]2)N=N1. The third kappa shape index (κ3) is 4.54. The van der Waals surface area contributed by atoms with Gasteiger partial charge in [-0.25, -0.2) is 4.98 Å². The van der Waals surface area contributed by atoms with Crippen molar-refractivity contribution in [2.75, 3.05) is 6.54 Å². The van der Waals surface area contributed by atoms with Gasteiger partial charge in [-0.3, -0.25) is 4.79 Å². The van der Waals surface area contributed by atoms with Gasteiger partial charge in [-0.1, -0.05) is 30.3 Å². The van der Waals surface area contributed by atoms with Crippen LogP contribution < -0.4 is 5.32 Å². The van der Waals surface area contributed by atoms with Crippen LogP contribution in [-0.4, -0.2) is 28.1 Å². The summed E-state index contributed by atoms with van der Waals surface area (Å²) >= 11 is 0. The Kier molecular flexibility index (Phi) is 5.24. The van der Waals surface area contributed by atoms with E-state index in [0.29, 0.717) is 25.8 Å². The van der Waals surface area contributed by atoms with Gasteiger partial charge in [0.2, 0.25) is 5.91 Å². The molecule has 1 amide bonds. The molecule has 1 atom stereocenters. The number of H-pyrrole nitrogens is 1. The zero-order chi connectivity index (χ0) is 17.5. The van der Waals surface area contributed by atoms with Crippen LogP contribution in [0, 0.1) is 12.3 Å². The lowest BCUT2D eigenvalue weighted by Crippen LogP contribution is -2.30. The Morgan fingerprint density at radius 2 is 2.08 bits per heavy atom. The van der Waals surface area contributed by atoms with Crippen LogP contribution in [0.3, 0.4) is 0 Å². The van der Waals surface area contributed by atoms with Crippen molar-refractivity contribution < 1.29 is 4.79 Å². The van der Waals surface area contributed by atoms with Crippen LogP contribution in [0.25, 0.3) is 0 Å². The van der Waals surface area contributed by atoms with E-state index in [2.05, 4.69) is 31.4 Å². The molecule has 0 fully saturated rings. The summed E-state index contributed by atoms with van der Waals surface area (Å²) in [6, 6.07) is 10.0. The second-order valence-corrected chi connectivity index (χ2v) is 6.13. The fraction of sp³-hybridized carbons (Fsp3) is 0.368. The number of hydrogen-bond donors (Lipinski definition) is 2. The first-order chi connectivity index (χ1) is 12.2. The van der Waals surface area contributed by atoms with E-state index >= 15 is 0 Å². The standard InChI is InChI=1S/C19H21N5O/c1-2-3-10-19(23-24-19)11-9-17(25)22-14-16(18-20-12-13-21-18)15-7-5-4-6-8-15/h1,4-8,12-13,16H,3,9-11,14H2,(H,20,21)(H,22,25). The number of terminal acetylenes is 1. The normalized spacial score (nSPS) is 15.3. The summed E-state index contributed by atoms with van der Waals surface area (Å²) < 4.78 is 0. The lowest BCUT2D eigenvalue weighted by molar-refractivity contribution is -0.121. The van der Waals surface area contributed by atoms with Crippen molar-refractivity contribution in [3.8, 4) is 12.3 Å². The van der Waals surface area contributed by atoms with Crippen LogP contribution in [0.4, 0.5) is 0 Å². The molecule has 25 heavy (non-hydrogen) atoms. The third-order valence-electron chi connectivity index (χ3n) is 4.36. The van der Waals surface area contributed by atoms with E-state index in [4.69, 9.17) is 6.42 Å². The Morgan fingerprint density at radius 3 is 2.72 bits per heavy atom.